The lowest BCUT2D eigenvalue weighted by Gasteiger charge is -2.27. The van der Waals surface area contributed by atoms with Crippen LogP contribution in [0.4, 0.5) is 0 Å². The van der Waals surface area contributed by atoms with Crippen LogP contribution >= 0.6 is 0 Å². The number of nitrogens with zero attached hydrogens (tertiary/aromatic N) is 5. The molecule has 2 aromatic heterocycles. The van der Waals surface area contributed by atoms with Gasteiger partial charge in [0.15, 0.2) is 5.82 Å². The molecule has 3 rings (SSSR count). The Morgan fingerprint density at radius 2 is 2.14 bits per heavy atom. The summed E-state index contributed by atoms with van der Waals surface area (Å²) in [6.45, 7) is 5.36. The summed E-state index contributed by atoms with van der Waals surface area (Å²) < 4.78 is 1.61. The van der Waals surface area contributed by atoms with E-state index in [-0.39, 0.29) is 6.54 Å². The van der Waals surface area contributed by atoms with Crippen molar-refractivity contribution in [1.82, 2.24) is 25.0 Å². The first-order chi connectivity index (χ1) is 10.8. The summed E-state index contributed by atoms with van der Waals surface area (Å²) >= 11 is 0. The summed E-state index contributed by atoms with van der Waals surface area (Å²) in [4.78, 5) is 6.85. The molecule has 0 unspecified atom stereocenters. The zero-order valence-corrected chi connectivity index (χ0v) is 12.4. The first kappa shape index (κ1) is 14.7. The number of nitrogens with one attached hydrogen (secondary N) is 1. The molecule has 7 nitrogen and oxygen atoms in total. The fourth-order valence-electron chi connectivity index (χ4n) is 2.54. The first-order valence-corrected chi connectivity index (χ1v) is 7.37. The van der Waals surface area contributed by atoms with E-state index in [1.807, 2.05) is 12.3 Å². The van der Waals surface area contributed by atoms with Gasteiger partial charge in [-0.1, -0.05) is 6.07 Å². The van der Waals surface area contributed by atoms with Crippen LogP contribution in [0.25, 0.3) is 5.82 Å². The SMILES string of the molecule is N#Cc1cn(-c2ccc(CN3CCNCC3)cn2)nc1CN. The van der Waals surface area contributed by atoms with Crippen molar-refractivity contribution in [1.29, 1.82) is 5.26 Å². The van der Waals surface area contributed by atoms with E-state index in [1.54, 1.807) is 10.9 Å². The van der Waals surface area contributed by atoms with Crippen molar-refractivity contribution < 1.29 is 0 Å². The molecule has 1 aliphatic rings. The fourth-order valence-corrected chi connectivity index (χ4v) is 2.54. The predicted molar refractivity (Wildman–Crippen MR) is 82.1 cm³/mol. The number of nitrogens with two attached hydrogens (primary N) is 1. The van der Waals surface area contributed by atoms with E-state index in [9.17, 15) is 0 Å². The third kappa shape index (κ3) is 3.14. The summed E-state index contributed by atoms with van der Waals surface area (Å²) in [5, 5.41) is 16.7. The third-order valence-electron chi connectivity index (χ3n) is 3.76. The van der Waals surface area contributed by atoms with Crippen molar-refractivity contribution in [3.8, 4) is 11.9 Å². The lowest BCUT2D eigenvalue weighted by molar-refractivity contribution is 0.233. The Morgan fingerprint density at radius 3 is 2.73 bits per heavy atom. The van der Waals surface area contributed by atoms with E-state index in [2.05, 4.69) is 32.4 Å². The highest BCUT2D eigenvalue weighted by Gasteiger charge is 2.11. The molecule has 0 spiro atoms. The van der Waals surface area contributed by atoms with Gasteiger partial charge in [0.25, 0.3) is 0 Å². The number of pyridine rings is 1. The van der Waals surface area contributed by atoms with E-state index < -0.39 is 0 Å². The van der Waals surface area contributed by atoms with Crippen molar-refractivity contribution in [3.05, 3.63) is 41.3 Å². The van der Waals surface area contributed by atoms with Gasteiger partial charge in [0.1, 0.15) is 6.07 Å². The Balaban J connectivity index is 1.73. The van der Waals surface area contributed by atoms with E-state index in [4.69, 9.17) is 11.0 Å². The van der Waals surface area contributed by atoms with Crippen LogP contribution in [-0.4, -0.2) is 45.8 Å². The number of piperazine rings is 1. The van der Waals surface area contributed by atoms with E-state index in [0.29, 0.717) is 17.1 Å². The molecular formula is C15H19N7. The minimum absolute atomic E-state index is 0.247. The minimum atomic E-state index is 0.247. The molecule has 0 radical (unpaired) electrons. The van der Waals surface area contributed by atoms with Crippen LogP contribution in [0.15, 0.2) is 24.5 Å². The predicted octanol–water partition coefficient (Wildman–Crippen LogP) is 0.00288. The van der Waals surface area contributed by atoms with E-state index >= 15 is 0 Å². The number of nitriles is 1. The van der Waals surface area contributed by atoms with Gasteiger partial charge in [-0.3, -0.25) is 4.90 Å². The number of aromatic nitrogens is 3. The molecule has 1 fully saturated rings. The average Bonchev–Trinajstić information content (AvgIpc) is 3.00. The van der Waals surface area contributed by atoms with Gasteiger partial charge in [-0.25, -0.2) is 9.67 Å². The minimum Gasteiger partial charge on any atom is -0.325 e. The quantitative estimate of drug-likeness (QED) is 0.825. The normalized spacial score (nSPS) is 15.6. The summed E-state index contributed by atoms with van der Waals surface area (Å²) in [6.07, 6.45) is 3.54. The number of rotatable bonds is 4. The van der Waals surface area contributed by atoms with Crippen LogP contribution in [0.5, 0.6) is 0 Å². The standard InChI is InChI=1S/C15H19N7/c16-7-13-11-22(20-14(13)8-17)15-2-1-12(9-19-15)10-21-5-3-18-4-6-21/h1-2,9,11,18H,3-6,8,10,17H2. The van der Waals surface area contributed by atoms with Gasteiger partial charge in [-0.05, 0) is 11.6 Å². The van der Waals surface area contributed by atoms with Crippen LogP contribution in [-0.2, 0) is 13.1 Å². The molecule has 0 aromatic carbocycles. The lowest BCUT2D eigenvalue weighted by atomic mass is 10.2. The van der Waals surface area contributed by atoms with Gasteiger partial charge < -0.3 is 11.1 Å². The summed E-state index contributed by atoms with van der Waals surface area (Å²) in [6, 6.07) is 6.08. The highest BCUT2D eigenvalue weighted by Crippen LogP contribution is 2.11. The first-order valence-electron chi connectivity index (χ1n) is 7.37. The lowest BCUT2D eigenvalue weighted by Crippen LogP contribution is -2.42. The maximum atomic E-state index is 9.05. The van der Waals surface area contributed by atoms with Crippen LogP contribution in [0.1, 0.15) is 16.8 Å². The summed E-state index contributed by atoms with van der Waals surface area (Å²) in [7, 11) is 0. The summed E-state index contributed by atoms with van der Waals surface area (Å²) in [5.74, 6) is 0.695. The molecule has 0 aliphatic carbocycles. The van der Waals surface area contributed by atoms with Crippen molar-refractivity contribution in [2.24, 2.45) is 5.73 Å². The van der Waals surface area contributed by atoms with E-state index in [0.717, 1.165) is 32.7 Å². The Labute approximate surface area is 129 Å². The van der Waals surface area contributed by atoms with Gasteiger partial charge >= 0.3 is 0 Å². The van der Waals surface area contributed by atoms with Crippen molar-refractivity contribution in [2.45, 2.75) is 13.1 Å². The number of hydrogen-bond acceptors (Lipinski definition) is 6. The maximum absolute atomic E-state index is 9.05. The second kappa shape index (κ2) is 6.66. The highest BCUT2D eigenvalue weighted by molar-refractivity contribution is 5.35. The molecule has 1 saturated heterocycles. The Hall–Kier alpha value is -2.27. The topological polar surface area (TPSA) is 95.8 Å². The third-order valence-corrected chi connectivity index (χ3v) is 3.76. The summed E-state index contributed by atoms with van der Waals surface area (Å²) in [5.41, 5.74) is 7.85. The van der Waals surface area contributed by atoms with Crippen molar-refractivity contribution in [2.75, 3.05) is 26.2 Å². The van der Waals surface area contributed by atoms with Crippen molar-refractivity contribution >= 4 is 0 Å². The average molecular weight is 297 g/mol. The molecule has 22 heavy (non-hydrogen) atoms. The highest BCUT2D eigenvalue weighted by atomic mass is 15.3. The van der Waals surface area contributed by atoms with Crippen LogP contribution in [0.3, 0.4) is 0 Å². The molecule has 7 heteroatoms. The molecule has 0 saturated carbocycles. The second-order valence-electron chi connectivity index (χ2n) is 5.30. The molecule has 3 N–H and O–H groups in total. The smallest absolute Gasteiger partial charge is 0.153 e. The molecule has 3 heterocycles. The van der Waals surface area contributed by atoms with Crippen LogP contribution < -0.4 is 11.1 Å². The Morgan fingerprint density at radius 1 is 1.32 bits per heavy atom. The van der Waals surface area contributed by atoms with Crippen molar-refractivity contribution in [3.63, 3.8) is 0 Å². The van der Waals surface area contributed by atoms with Gasteiger partial charge in [-0.15, -0.1) is 0 Å². The largest absolute Gasteiger partial charge is 0.325 e. The van der Waals surface area contributed by atoms with E-state index in [1.165, 1.54) is 5.56 Å². The Kier molecular flexibility index (Phi) is 4.44. The van der Waals surface area contributed by atoms with Crippen LogP contribution in [0, 0.1) is 11.3 Å². The Bertz CT molecular complexity index is 662. The second-order valence-corrected chi connectivity index (χ2v) is 5.30. The molecule has 0 amide bonds. The molecule has 1 aliphatic heterocycles. The van der Waals surface area contributed by atoms with Gasteiger partial charge in [0.05, 0.1) is 17.5 Å². The molecule has 114 valence electrons. The van der Waals surface area contributed by atoms with Gasteiger partial charge in [-0.2, -0.15) is 10.4 Å². The van der Waals surface area contributed by atoms with Crippen LogP contribution in [0.2, 0.25) is 0 Å². The molecular weight excluding hydrogens is 278 g/mol. The molecule has 0 bridgehead atoms. The monoisotopic (exact) mass is 297 g/mol. The van der Waals surface area contributed by atoms with Gasteiger partial charge in [0.2, 0.25) is 0 Å². The zero-order chi connectivity index (χ0) is 15.4. The maximum Gasteiger partial charge on any atom is 0.153 e. The fraction of sp³-hybridized carbons (Fsp3) is 0.400. The number of hydrogen-bond donors (Lipinski definition) is 2. The molecule has 0 atom stereocenters. The zero-order valence-electron chi connectivity index (χ0n) is 12.4. The van der Waals surface area contributed by atoms with Gasteiger partial charge in [0, 0.05) is 45.5 Å². The molecule has 2 aromatic rings.